The molecular weight excluding hydrogens is 224 g/mol. The maximum atomic E-state index is 5.41. The van der Waals surface area contributed by atoms with Crippen LogP contribution >= 0.6 is 0 Å². The van der Waals surface area contributed by atoms with Crippen molar-refractivity contribution in [3.63, 3.8) is 0 Å². The van der Waals surface area contributed by atoms with Crippen molar-refractivity contribution < 1.29 is 4.74 Å². The van der Waals surface area contributed by atoms with Gasteiger partial charge in [-0.3, -0.25) is 0 Å². The minimum absolute atomic E-state index is 0.874. The number of hydrogen-bond acceptors (Lipinski definition) is 2. The maximum Gasteiger partial charge on any atom is 0.142 e. The minimum Gasteiger partial charge on any atom is -0.495 e. The Hall–Kier alpha value is -1.74. The van der Waals surface area contributed by atoms with Gasteiger partial charge in [-0.05, 0) is 37.2 Å². The number of aromatic nitrogens is 1. The van der Waals surface area contributed by atoms with Crippen LogP contribution in [-0.2, 0) is 6.54 Å². The number of hydrogen-bond donors (Lipinski definition) is 1. The molecule has 3 heteroatoms. The fourth-order valence-electron chi connectivity index (χ4n) is 2.02. The van der Waals surface area contributed by atoms with E-state index in [0.717, 1.165) is 30.9 Å². The SMILES string of the molecule is CCCNCc1cccn1-c1ccccc1OC. The lowest BCUT2D eigenvalue weighted by atomic mass is 10.3. The third-order valence-corrected chi connectivity index (χ3v) is 2.91. The molecule has 0 saturated heterocycles. The van der Waals surface area contributed by atoms with Gasteiger partial charge >= 0.3 is 0 Å². The summed E-state index contributed by atoms with van der Waals surface area (Å²) >= 11 is 0. The van der Waals surface area contributed by atoms with Crippen molar-refractivity contribution in [2.75, 3.05) is 13.7 Å². The fraction of sp³-hybridized carbons (Fsp3) is 0.333. The molecular formula is C15H20N2O. The number of rotatable bonds is 6. The Kier molecular flexibility index (Phi) is 4.42. The molecule has 1 aromatic carbocycles. The average Bonchev–Trinajstić information content (AvgIpc) is 2.87. The highest BCUT2D eigenvalue weighted by atomic mass is 16.5. The summed E-state index contributed by atoms with van der Waals surface area (Å²) in [5.41, 5.74) is 2.33. The van der Waals surface area contributed by atoms with Gasteiger partial charge in [0.1, 0.15) is 5.75 Å². The third kappa shape index (κ3) is 2.74. The van der Waals surface area contributed by atoms with Crippen LogP contribution in [0.3, 0.4) is 0 Å². The van der Waals surface area contributed by atoms with E-state index in [4.69, 9.17) is 4.74 Å². The summed E-state index contributed by atoms with van der Waals surface area (Å²) in [5.74, 6) is 0.894. The lowest BCUT2D eigenvalue weighted by Crippen LogP contribution is -2.16. The van der Waals surface area contributed by atoms with Gasteiger partial charge in [0.15, 0.2) is 0 Å². The number of benzene rings is 1. The Morgan fingerprint density at radius 2 is 2.00 bits per heavy atom. The number of nitrogens with one attached hydrogen (secondary N) is 1. The molecule has 96 valence electrons. The van der Waals surface area contributed by atoms with Gasteiger partial charge in [0.05, 0.1) is 12.8 Å². The normalized spacial score (nSPS) is 10.6. The highest BCUT2D eigenvalue weighted by Crippen LogP contribution is 2.23. The zero-order valence-corrected chi connectivity index (χ0v) is 11.0. The van der Waals surface area contributed by atoms with Gasteiger partial charge in [0.25, 0.3) is 0 Å². The number of methoxy groups -OCH3 is 1. The lowest BCUT2D eigenvalue weighted by Gasteiger charge is -2.13. The van der Waals surface area contributed by atoms with Crippen LogP contribution in [0, 0.1) is 0 Å². The molecule has 0 aliphatic heterocycles. The third-order valence-electron chi connectivity index (χ3n) is 2.91. The van der Waals surface area contributed by atoms with E-state index < -0.39 is 0 Å². The molecule has 1 aromatic heterocycles. The molecule has 0 fully saturated rings. The first kappa shape index (κ1) is 12.7. The molecule has 0 bridgehead atoms. The quantitative estimate of drug-likeness (QED) is 0.791. The molecule has 0 unspecified atom stereocenters. The van der Waals surface area contributed by atoms with Crippen molar-refractivity contribution in [2.24, 2.45) is 0 Å². The maximum absolute atomic E-state index is 5.41. The number of ether oxygens (including phenoxy) is 1. The summed E-state index contributed by atoms with van der Waals surface area (Å²) in [6.45, 7) is 4.09. The predicted octanol–water partition coefficient (Wildman–Crippen LogP) is 2.99. The van der Waals surface area contributed by atoms with E-state index in [1.165, 1.54) is 5.69 Å². The number of para-hydroxylation sites is 2. The molecule has 0 saturated carbocycles. The Morgan fingerprint density at radius 3 is 2.78 bits per heavy atom. The van der Waals surface area contributed by atoms with Gasteiger partial charge in [-0.25, -0.2) is 0 Å². The molecule has 1 heterocycles. The predicted molar refractivity (Wildman–Crippen MR) is 74.3 cm³/mol. The summed E-state index contributed by atoms with van der Waals surface area (Å²) in [6.07, 6.45) is 3.22. The Labute approximate surface area is 108 Å². The summed E-state index contributed by atoms with van der Waals surface area (Å²) in [5, 5.41) is 3.42. The van der Waals surface area contributed by atoms with Crippen molar-refractivity contribution in [1.29, 1.82) is 0 Å². The molecule has 0 radical (unpaired) electrons. The summed E-state index contributed by atoms with van der Waals surface area (Å²) < 4.78 is 7.58. The van der Waals surface area contributed by atoms with E-state index in [0.29, 0.717) is 0 Å². The molecule has 18 heavy (non-hydrogen) atoms. The lowest BCUT2D eigenvalue weighted by molar-refractivity contribution is 0.412. The van der Waals surface area contributed by atoms with E-state index in [1.807, 2.05) is 18.2 Å². The van der Waals surface area contributed by atoms with Gasteiger partial charge in [0.2, 0.25) is 0 Å². The summed E-state index contributed by atoms with van der Waals surface area (Å²) in [6, 6.07) is 12.3. The molecule has 2 rings (SSSR count). The zero-order chi connectivity index (χ0) is 12.8. The molecule has 0 spiro atoms. The van der Waals surface area contributed by atoms with Gasteiger partial charge in [-0.2, -0.15) is 0 Å². The fourth-order valence-corrected chi connectivity index (χ4v) is 2.02. The van der Waals surface area contributed by atoms with E-state index >= 15 is 0 Å². The smallest absolute Gasteiger partial charge is 0.142 e. The topological polar surface area (TPSA) is 26.2 Å². The summed E-state index contributed by atoms with van der Waals surface area (Å²) in [7, 11) is 1.71. The standard InChI is InChI=1S/C15H20N2O/c1-3-10-16-12-13-7-6-11-17(13)14-8-4-5-9-15(14)18-2/h4-9,11,16H,3,10,12H2,1-2H3. The van der Waals surface area contributed by atoms with E-state index in [1.54, 1.807) is 7.11 Å². The minimum atomic E-state index is 0.874. The van der Waals surface area contributed by atoms with Crippen molar-refractivity contribution >= 4 is 0 Å². The number of nitrogens with zero attached hydrogens (tertiary/aromatic N) is 1. The monoisotopic (exact) mass is 244 g/mol. The van der Waals surface area contributed by atoms with Gasteiger partial charge in [0, 0.05) is 18.4 Å². The summed E-state index contributed by atoms with van der Waals surface area (Å²) in [4.78, 5) is 0. The Bertz CT molecular complexity index is 491. The van der Waals surface area contributed by atoms with Crippen molar-refractivity contribution in [3.8, 4) is 11.4 Å². The van der Waals surface area contributed by atoms with E-state index in [-0.39, 0.29) is 0 Å². The molecule has 0 atom stereocenters. The molecule has 0 aliphatic rings. The van der Waals surface area contributed by atoms with Gasteiger partial charge in [-0.1, -0.05) is 19.1 Å². The van der Waals surface area contributed by atoms with Crippen LogP contribution in [0.2, 0.25) is 0 Å². The van der Waals surface area contributed by atoms with E-state index in [9.17, 15) is 0 Å². The highest BCUT2D eigenvalue weighted by molar-refractivity contribution is 5.48. The second-order valence-corrected chi connectivity index (χ2v) is 4.22. The second-order valence-electron chi connectivity index (χ2n) is 4.22. The van der Waals surface area contributed by atoms with Crippen LogP contribution in [0.15, 0.2) is 42.6 Å². The van der Waals surface area contributed by atoms with Crippen molar-refractivity contribution in [3.05, 3.63) is 48.3 Å². The molecule has 0 amide bonds. The Morgan fingerprint density at radius 1 is 1.17 bits per heavy atom. The first-order chi connectivity index (χ1) is 8.86. The van der Waals surface area contributed by atoms with Crippen molar-refractivity contribution in [2.45, 2.75) is 19.9 Å². The van der Waals surface area contributed by atoms with Crippen LogP contribution < -0.4 is 10.1 Å². The van der Waals surface area contributed by atoms with Gasteiger partial charge in [-0.15, -0.1) is 0 Å². The Balaban J connectivity index is 2.25. The van der Waals surface area contributed by atoms with Crippen LogP contribution in [0.5, 0.6) is 5.75 Å². The first-order valence-electron chi connectivity index (χ1n) is 6.37. The largest absolute Gasteiger partial charge is 0.495 e. The van der Waals surface area contributed by atoms with Crippen LogP contribution in [0.1, 0.15) is 19.0 Å². The molecule has 2 aromatic rings. The molecule has 1 N–H and O–H groups in total. The molecule has 3 nitrogen and oxygen atoms in total. The first-order valence-corrected chi connectivity index (χ1v) is 6.37. The highest BCUT2D eigenvalue weighted by Gasteiger charge is 2.07. The van der Waals surface area contributed by atoms with Gasteiger partial charge < -0.3 is 14.6 Å². The van der Waals surface area contributed by atoms with Crippen LogP contribution in [0.25, 0.3) is 5.69 Å². The van der Waals surface area contributed by atoms with Crippen LogP contribution in [-0.4, -0.2) is 18.2 Å². The molecule has 0 aliphatic carbocycles. The second kappa shape index (κ2) is 6.26. The van der Waals surface area contributed by atoms with E-state index in [2.05, 4.69) is 41.2 Å². The zero-order valence-electron chi connectivity index (χ0n) is 11.0. The average molecular weight is 244 g/mol. The van der Waals surface area contributed by atoms with Crippen molar-refractivity contribution in [1.82, 2.24) is 9.88 Å². The van der Waals surface area contributed by atoms with Crippen LogP contribution in [0.4, 0.5) is 0 Å².